The molecule has 0 spiro atoms. The number of aryl methyl sites for hydroxylation is 3. The topological polar surface area (TPSA) is 31.2 Å². The lowest BCUT2D eigenvalue weighted by Crippen LogP contribution is -2.50. The van der Waals surface area contributed by atoms with E-state index in [4.69, 9.17) is 21.6 Å². The molecule has 4 aromatic rings. The maximum atomic E-state index is 14.3. The number of hydrogen-bond donors (Lipinski definition) is 0. The third-order valence-electron chi connectivity index (χ3n) is 10.7. The standard InChI is InChI=1S/C47H55ClF6N4/c1-26(2)33-20-31(10)41(39(23-33)29(7)8)45(56-43-37(27(3)4)14-12-15-38(43)28(5)6)58-17-13-16-57(25-58)44(55-42-32(11)18-30(9)19-40(42)48)34-21-35(46(49,50)51)24-36(22-34)47(52,53)54/h12,14-15,18-24,26-29H,13,16-17,25H2,1-11H3. The molecule has 0 atom stereocenters. The first-order valence-electron chi connectivity index (χ1n) is 20.0. The van der Waals surface area contributed by atoms with Crippen molar-refractivity contribution in [3.05, 3.63) is 127 Å². The van der Waals surface area contributed by atoms with Crippen molar-refractivity contribution >= 4 is 34.6 Å². The SMILES string of the molecule is Cc1cc(C)c(N=C(c2cc(C(F)(F)F)cc(C(F)(F)F)c2)N2CCCN(C(=Nc3c(C(C)C)cccc3C(C)C)c3c(C)cc(C(C)C)cc3C(C)C)C2)c(Cl)c1. The van der Waals surface area contributed by atoms with Crippen molar-refractivity contribution in [1.82, 2.24) is 9.80 Å². The van der Waals surface area contributed by atoms with Gasteiger partial charge in [-0.3, -0.25) is 0 Å². The van der Waals surface area contributed by atoms with Crippen molar-refractivity contribution in [3.63, 3.8) is 0 Å². The molecule has 4 nitrogen and oxygen atoms in total. The molecule has 0 aromatic heterocycles. The zero-order valence-electron chi connectivity index (χ0n) is 35.3. The van der Waals surface area contributed by atoms with Crippen LogP contribution in [0.25, 0.3) is 0 Å². The number of rotatable bonds is 8. The molecule has 1 saturated heterocycles. The fraction of sp³-hybridized carbons (Fsp3) is 0.447. The summed E-state index contributed by atoms with van der Waals surface area (Å²) in [6, 6.07) is 15.8. The van der Waals surface area contributed by atoms with Crippen LogP contribution in [0.1, 0.15) is 147 Å². The Hall–Kier alpha value is -4.31. The first-order chi connectivity index (χ1) is 27.0. The highest BCUT2D eigenvalue weighted by atomic mass is 35.5. The van der Waals surface area contributed by atoms with Crippen LogP contribution in [0, 0.1) is 20.8 Å². The number of alkyl halides is 6. The third-order valence-corrected chi connectivity index (χ3v) is 11.0. The lowest BCUT2D eigenvalue weighted by molar-refractivity contribution is -0.143. The Kier molecular flexibility index (Phi) is 13.5. The number of hydrogen-bond acceptors (Lipinski definition) is 2. The summed E-state index contributed by atoms with van der Waals surface area (Å²) in [5.74, 6) is 1.33. The average molecular weight is 825 g/mol. The monoisotopic (exact) mass is 824 g/mol. The Labute approximate surface area is 345 Å². The largest absolute Gasteiger partial charge is 0.416 e. The molecule has 1 heterocycles. The second-order valence-corrected chi connectivity index (χ2v) is 17.2. The van der Waals surface area contributed by atoms with Gasteiger partial charge in [0.15, 0.2) is 0 Å². The van der Waals surface area contributed by atoms with Crippen LogP contribution >= 0.6 is 11.6 Å². The van der Waals surface area contributed by atoms with E-state index < -0.39 is 23.5 Å². The van der Waals surface area contributed by atoms with Crippen LogP contribution in [0.2, 0.25) is 5.02 Å². The molecule has 5 rings (SSSR count). The zero-order chi connectivity index (χ0) is 43.0. The fourth-order valence-electron chi connectivity index (χ4n) is 7.67. The summed E-state index contributed by atoms with van der Waals surface area (Å²) >= 11 is 6.73. The van der Waals surface area contributed by atoms with Gasteiger partial charge in [0.1, 0.15) is 11.7 Å². The Bertz CT molecular complexity index is 2120. The van der Waals surface area contributed by atoms with Crippen molar-refractivity contribution in [1.29, 1.82) is 0 Å². The number of amidine groups is 2. The summed E-state index contributed by atoms with van der Waals surface area (Å²) in [6.45, 7) is 23.8. The molecule has 1 aliphatic rings. The van der Waals surface area contributed by atoms with Gasteiger partial charge in [-0.05, 0) is 114 Å². The van der Waals surface area contributed by atoms with Gasteiger partial charge < -0.3 is 9.80 Å². The first kappa shape index (κ1) is 44.8. The smallest absolute Gasteiger partial charge is 0.338 e. The lowest BCUT2D eigenvalue weighted by Gasteiger charge is -2.40. The van der Waals surface area contributed by atoms with Gasteiger partial charge in [0, 0.05) is 24.2 Å². The molecule has 11 heteroatoms. The minimum atomic E-state index is -5.04. The highest BCUT2D eigenvalue weighted by Crippen LogP contribution is 2.40. The molecular formula is C47H55ClF6N4. The second-order valence-electron chi connectivity index (χ2n) is 16.8. The maximum Gasteiger partial charge on any atom is 0.416 e. The van der Waals surface area contributed by atoms with Gasteiger partial charge in [0.05, 0.1) is 34.2 Å². The van der Waals surface area contributed by atoms with Gasteiger partial charge in [0.2, 0.25) is 0 Å². The van der Waals surface area contributed by atoms with E-state index in [9.17, 15) is 26.3 Å². The minimum absolute atomic E-state index is 0.0455. The molecule has 0 saturated carbocycles. The van der Waals surface area contributed by atoms with Crippen LogP contribution in [-0.4, -0.2) is 41.2 Å². The zero-order valence-corrected chi connectivity index (χ0v) is 36.1. The van der Waals surface area contributed by atoms with Crippen molar-refractivity contribution in [2.75, 3.05) is 19.8 Å². The van der Waals surface area contributed by atoms with Crippen LogP contribution < -0.4 is 0 Å². The van der Waals surface area contributed by atoms with E-state index >= 15 is 0 Å². The predicted molar refractivity (Wildman–Crippen MR) is 227 cm³/mol. The molecule has 58 heavy (non-hydrogen) atoms. The Morgan fingerprint density at radius 1 is 0.603 bits per heavy atom. The number of halogens is 7. The van der Waals surface area contributed by atoms with Crippen LogP contribution in [-0.2, 0) is 12.4 Å². The molecule has 0 amide bonds. The van der Waals surface area contributed by atoms with E-state index in [1.807, 2.05) is 13.0 Å². The van der Waals surface area contributed by atoms with Crippen LogP contribution in [0.15, 0.2) is 70.6 Å². The van der Waals surface area contributed by atoms with Crippen molar-refractivity contribution in [2.45, 2.75) is 119 Å². The van der Waals surface area contributed by atoms with Crippen molar-refractivity contribution in [2.24, 2.45) is 9.98 Å². The van der Waals surface area contributed by atoms with Gasteiger partial charge in [-0.1, -0.05) is 103 Å². The van der Waals surface area contributed by atoms with E-state index in [1.165, 1.54) is 5.56 Å². The highest BCUT2D eigenvalue weighted by molar-refractivity contribution is 6.33. The summed E-state index contributed by atoms with van der Waals surface area (Å²) in [6.07, 6.45) is -9.57. The molecule has 4 aromatic carbocycles. The fourth-order valence-corrected chi connectivity index (χ4v) is 8.04. The van der Waals surface area contributed by atoms with Gasteiger partial charge in [0.25, 0.3) is 0 Å². The maximum absolute atomic E-state index is 14.3. The normalized spacial score (nSPS) is 14.9. The van der Waals surface area contributed by atoms with E-state index in [2.05, 4.69) is 97.5 Å². The minimum Gasteiger partial charge on any atom is -0.338 e. The van der Waals surface area contributed by atoms with E-state index in [-0.39, 0.29) is 58.5 Å². The summed E-state index contributed by atoms with van der Waals surface area (Å²) in [7, 11) is 0. The number of para-hydroxylation sites is 1. The number of nitrogens with zero attached hydrogens (tertiary/aromatic N) is 4. The van der Waals surface area contributed by atoms with Gasteiger partial charge in [-0.15, -0.1) is 0 Å². The predicted octanol–water partition coefficient (Wildman–Crippen LogP) is 14.6. The third kappa shape index (κ3) is 9.92. The number of aliphatic imine (C=N–C) groups is 2. The number of benzene rings is 4. The molecule has 1 aliphatic heterocycles. The van der Waals surface area contributed by atoms with Gasteiger partial charge in [-0.25, -0.2) is 9.98 Å². The van der Waals surface area contributed by atoms with Gasteiger partial charge >= 0.3 is 12.4 Å². The molecule has 0 N–H and O–H groups in total. The van der Waals surface area contributed by atoms with Crippen LogP contribution in [0.3, 0.4) is 0 Å². The second kappa shape index (κ2) is 17.5. The summed E-state index contributed by atoms with van der Waals surface area (Å²) < 4.78 is 86.0. The molecule has 312 valence electrons. The molecule has 0 bridgehead atoms. The van der Waals surface area contributed by atoms with E-state index in [0.29, 0.717) is 30.9 Å². The van der Waals surface area contributed by atoms with Crippen LogP contribution in [0.4, 0.5) is 37.7 Å². The molecule has 0 radical (unpaired) electrons. The van der Waals surface area contributed by atoms with E-state index in [1.54, 1.807) is 17.9 Å². The lowest BCUT2D eigenvalue weighted by atomic mass is 9.87. The Morgan fingerprint density at radius 3 is 1.60 bits per heavy atom. The Balaban J connectivity index is 1.82. The Morgan fingerprint density at radius 2 is 1.12 bits per heavy atom. The summed E-state index contributed by atoms with van der Waals surface area (Å²) in [5.41, 5.74) is 5.92. The molecule has 1 fully saturated rings. The van der Waals surface area contributed by atoms with E-state index in [0.717, 1.165) is 51.2 Å². The average Bonchev–Trinajstić information content (AvgIpc) is 3.12. The molecule has 0 unspecified atom stereocenters. The van der Waals surface area contributed by atoms with Gasteiger partial charge in [-0.2, -0.15) is 26.3 Å². The van der Waals surface area contributed by atoms with Crippen LogP contribution in [0.5, 0.6) is 0 Å². The molecule has 0 aliphatic carbocycles. The summed E-state index contributed by atoms with van der Waals surface area (Å²) in [4.78, 5) is 14.3. The first-order valence-corrected chi connectivity index (χ1v) is 20.4. The summed E-state index contributed by atoms with van der Waals surface area (Å²) in [5, 5.41) is 0.239. The molecular weight excluding hydrogens is 770 g/mol. The quantitative estimate of drug-likeness (QED) is 0.101. The highest BCUT2D eigenvalue weighted by Gasteiger charge is 2.38. The van der Waals surface area contributed by atoms with Crippen molar-refractivity contribution < 1.29 is 26.3 Å². The van der Waals surface area contributed by atoms with Crippen molar-refractivity contribution in [3.8, 4) is 0 Å².